The summed E-state index contributed by atoms with van der Waals surface area (Å²) < 4.78 is 5.48. The molecule has 36 heavy (non-hydrogen) atoms. The lowest BCUT2D eigenvalue weighted by atomic mass is 10.1. The second-order valence-corrected chi connectivity index (χ2v) is 11.5. The number of aromatic nitrogens is 4. The van der Waals surface area contributed by atoms with E-state index in [1.807, 2.05) is 0 Å². The molecule has 2 heterocycles. The molecule has 0 spiro atoms. The van der Waals surface area contributed by atoms with E-state index in [0.29, 0.717) is 0 Å². The van der Waals surface area contributed by atoms with Crippen LogP contribution in [-0.4, -0.2) is 37.6 Å². The Morgan fingerprint density at radius 2 is 1.17 bits per heavy atom. The fraction of sp³-hybridized carbons (Fsp3) is 0.419. The fourth-order valence-electron chi connectivity index (χ4n) is 6.68. The highest BCUT2D eigenvalue weighted by molar-refractivity contribution is 5.41. The van der Waals surface area contributed by atoms with Gasteiger partial charge in [-0.1, -0.05) is 36.4 Å². The maximum atomic E-state index is 5.26. The first-order valence-corrected chi connectivity index (χ1v) is 13.8. The molecule has 5 nitrogen and oxygen atoms in total. The maximum absolute atomic E-state index is 5.26. The molecule has 3 aliphatic carbocycles. The molecule has 0 unspecified atom stereocenters. The summed E-state index contributed by atoms with van der Waals surface area (Å²) in [5.41, 5.74) is 10.9. The number of para-hydroxylation sites is 2. The third kappa shape index (κ3) is 4.00. The highest BCUT2D eigenvalue weighted by Gasteiger charge is 2.38. The molecule has 0 N–H and O–H groups in total. The number of benzene rings is 2. The smallest absolute Gasteiger partial charge is 0.124 e. The zero-order chi connectivity index (χ0) is 24.1. The van der Waals surface area contributed by atoms with Gasteiger partial charge in [0.1, 0.15) is 24.5 Å². The van der Waals surface area contributed by atoms with Crippen molar-refractivity contribution >= 4 is 0 Å². The summed E-state index contributed by atoms with van der Waals surface area (Å²) in [7, 11) is 2.46. The van der Waals surface area contributed by atoms with Gasteiger partial charge in [-0.25, -0.2) is 9.36 Å². The van der Waals surface area contributed by atoms with Crippen molar-refractivity contribution < 1.29 is 4.48 Å². The van der Waals surface area contributed by atoms with Crippen LogP contribution in [0.3, 0.4) is 0 Å². The van der Waals surface area contributed by atoms with Crippen molar-refractivity contribution in [2.45, 2.75) is 64.5 Å². The Hall–Kier alpha value is -3.18. The summed E-state index contributed by atoms with van der Waals surface area (Å²) in [5, 5.41) is 10.5. The van der Waals surface area contributed by atoms with Crippen molar-refractivity contribution in [3.05, 3.63) is 94.6 Å². The minimum Gasteiger partial charge on any atom is -0.316 e. The van der Waals surface area contributed by atoms with E-state index in [0.717, 1.165) is 36.3 Å². The van der Waals surface area contributed by atoms with Gasteiger partial charge in [0, 0.05) is 28.4 Å². The topological polar surface area (TPSA) is 35.6 Å². The minimum atomic E-state index is 0.850. The highest BCUT2D eigenvalue weighted by atomic mass is 15.4. The quantitative estimate of drug-likeness (QED) is 0.309. The summed E-state index contributed by atoms with van der Waals surface area (Å²) in [4.78, 5) is 0. The SMILES string of the molecule is C[N+](Cc1nn(-c2ccccc2)c2c1CCC2)(Cc1nn(-c2ccccc2)c2c1CCC2)CC1CC1. The van der Waals surface area contributed by atoms with Gasteiger partial charge in [-0.05, 0) is 75.6 Å². The molecule has 0 radical (unpaired) electrons. The Kier molecular flexibility index (Phi) is 5.35. The van der Waals surface area contributed by atoms with Gasteiger partial charge < -0.3 is 4.48 Å². The van der Waals surface area contributed by atoms with Crippen molar-refractivity contribution in [3.63, 3.8) is 0 Å². The van der Waals surface area contributed by atoms with Crippen LogP contribution >= 0.6 is 0 Å². The number of nitrogens with zero attached hydrogens (tertiary/aromatic N) is 5. The van der Waals surface area contributed by atoms with Crippen molar-refractivity contribution in [1.29, 1.82) is 0 Å². The molecule has 0 bridgehead atoms. The molecule has 4 aromatic rings. The second-order valence-electron chi connectivity index (χ2n) is 11.5. The summed E-state index contributed by atoms with van der Waals surface area (Å²) in [5.74, 6) is 0.850. The van der Waals surface area contributed by atoms with Gasteiger partial charge in [0.05, 0.1) is 25.0 Å². The lowest BCUT2D eigenvalue weighted by molar-refractivity contribution is -0.937. The van der Waals surface area contributed by atoms with Crippen molar-refractivity contribution in [1.82, 2.24) is 19.6 Å². The molecule has 0 amide bonds. The summed E-state index contributed by atoms with van der Waals surface area (Å²) in [6, 6.07) is 21.4. The molecule has 184 valence electrons. The minimum absolute atomic E-state index is 0.850. The number of quaternary nitrogens is 1. The van der Waals surface area contributed by atoms with Crippen LogP contribution in [0, 0.1) is 5.92 Å². The second kappa shape index (κ2) is 8.74. The van der Waals surface area contributed by atoms with Crippen molar-refractivity contribution in [2.24, 2.45) is 5.92 Å². The normalized spacial score (nSPS) is 16.9. The molecule has 1 fully saturated rings. The molecular formula is C31H36N5+. The van der Waals surface area contributed by atoms with E-state index in [1.54, 1.807) is 0 Å². The predicted molar refractivity (Wildman–Crippen MR) is 142 cm³/mol. The van der Waals surface area contributed by atoms with Gasteiger partial charge >= 0.3 is 0 Å². The van der Waals surface area contributed by atoms with E-state index >= 15 is 0 Å². The molecule has 0 atom stereocenters. The number of rotatable bonds is 8. The third-order valence-corrected chi connectivity index (χ3v) is 8.49. The van der Waals surface area contributed by atoms with Gasteiger partial charge in [0.2, 0.25) is 0 Å². The number of hydrogen-bond acceptors (Lipinski definition) is 2. The van der Waals surface area contributed by atoms with E-state index in [9.17, 15) is 0 Å². The molecule has 1 saturated carbocycles. The van der Waals surface area contributed by atoms with Crippen molar-refractivity contribution in [3.8, 4) is 11.4 Å². The molecule has 2 aromatic heterocycles. The molecule has 0 saturated heterocycles. The largest absolute Gasteiger partial charge is 0.316 e. The van der Waals surface area contributed by atoms with E-state index in [2.05, 4.69) is 77.1 Å². The zero-order valence-corrected chi connectivity index (χ0v) is 21.4. The van der Waals surface area contributed by atoms with Gasteiger partial charge in [-0.3, -0.25) is 0 Å². The Balaban J connectivity index is 1.24. The number of hydrogen-bond donors (Lipinski definition) is 0. The van der Waals surface area contributed by atoms with Gasteiger partial charge in [0.25, 0.3) is 0 Å². The standard InChI is InChI=1S/C31H36N5/c1-36(20-23-18-19-23,21-28-26-14-8-16-30(26)34(32-28)24-10-4-2-5-11-24)22-29-27-15-9-17-31(27)35(33-29)25-12-6-3-7-13-25/h2-7,10-13,23H,8-9,14-22H2,1H3/q+1. The average Bonchev–Trinajstić information content (AvgIpc) is 3.27. The van der Waals surface area contributed by atoms with Crippen LogP contribution in [0.2, 0.25) is 0 Å². The fourth-order valence-corrected chi connectivity index (χ4v) is 6.68. The molecule has 5 heteroatoms. The molecule has 7 rings (SSSR count). The Bertz CT molecular complexity index is 1280. The highest BCUT2D eigenvalue weighted by Crippen LogP contribution is 2.37. The predicted octanol–water partition coefficient (Wildman–Crippen LogP) is 5.59. The first-order chi connectivity index (χ1) is 17.7. The van der Waals surface area contributed by atoms with Gasteiger partial charge in [-0.2, -0.15) is 10.2 Å². The molecule has 2 aromatic carbocycles. The lowest BCUT2D eigenvalue weighted by Gasteiger charge is -2.34. The Labute approximate surface area is 214 Å². The third-order valence-electron chi connectivity index (χ3n) is 8.49. The molecule has 0 aliphatic heterocycles. The van der Waals surface area contributed by atoms with E-state index in [4.69, 9.17) is 10.2 Å². The molecule has 3 aliphatic rings. The summed E-state index contributed by atoms with van der Waals surface area (Å²) in [6.45, 7) is 3.21. The van der Waals surface area contributed by atoms with Crippen LogP contribution in [0.5, 0.6) is 0 Å². The first kappa shape index (κ1) is 22.1. The average molecular weight is 479 g/mol. The molecular weight excluding hydrogens is 442 g/mol. The number of fused-ring (bicyclic) bond motifs is 2. The van der Waals surface area contributed by atoms with Gasteiger partial charge in [0.15, 0.2) is 0 Å². The van der Waals surface area contributed by atoms with Crippen LogP contribution in [-0.2, 0) is 38.8 Å². The summed E-state index contributed by atoms with van der Waals surface area (Å²) >= 11 is 0. The van der Waals surface area contributed by atoms with E-state index in [1.165, 1.54) is 90.3 Å². The Morgan fingerprint density at radius 3 is 1.61 bits per heavy atom. The van der Waals surface area contributed by atoms with E-state index in [-0.39, 0.29) is 0 Å². The summed E-state index contributed by atoms with van der Waals surface area (Å²) in [6.07, 6.45) is 9.85. The monoisotopic (exact) mass is 478 g/mol. The van der Waals surface area contributed by atoms with Crippen LogP contribution in [0.4, 0.5) is 0 Å². The van der Waals surface area contributed by atoms with Crippen LogP contribution < -0.4 is 0 Å². The first-order valence-electron chi connectivity index (χ1n) is 13.8. The van der Waals surface area contributed by atoms with Crippen molar-refractivity contribution in [2.75, 3.05) is 13.6 Å². The zero-order valence-electron chi connectivity index (χ0n) is 21.4. The van der Waals surface area contributed by atoms with Crippen LogP contribution in [0.25, 0.3) is 11.4 Å². The Morgan fingerprint density at radius 1 is 0.694 bits per heavy atom. The van der Waals surface area contributed by atoms with E-state index < -0.39 is 0 Å². The van der Waals surface area contributed by atoms with Crippen LogP contribution in [0.15, 0.2) is 60.7 Å². The maximum Gasteiger partial charge on any atom is 0.124 e. The lowest BCUT2D eigenvalue weighted by Crippen LogP contribution is -2.44. The van der Waals surface area contributed by atoms with Crippen LogP contribution in [0.1, 0.15) is 59.6 Å². The van der Waals surface area contributed by atoms with Gasteiger partial charge in [-0.15, -0.1) is 0 Å².